The van der Waals surface area contributed by atoms with Crippen molar-refractivity contribution in [3.05, 3.63) is 0 Å². The summed E-state index contributed by atoms with van der Waals surface area (Å²) in [5.41, 5.74) is 0. The highest BCUT2D eigenvalue weighted by Gasteiger charge is 2.15. The Morgan fingerprint density at radius 1 is 0.474 bits per heavy atom. The first-order valence-electron chi connectivity index (χ1n) is 17.0. The van der Waals surface area contributed by atoms with E-state index in [9.17, 15) is 9.59 Å². The van der Waals surface area contributed by atoms with Gasteiger partial charge >= 0.3 is 11.9 Å². The van der Waals surface area contributed by atoms with Crippen LogP contribution in [0.5, 0.6) is 0 Å². The Hall–Kier alpha value is -1.06. The fourth-order valence-electron chi connectivity index (χ4n) is 5.29. The summed E-state index contributed by atoms with van der Waals surface area (Å²) in [5, 5.41) is 9.07. The van der Waals surface area contributed by atoms with Gasteiger partial charge in [0.1, 0.15) is 6.10 Å². The van der Waals surface area contributed by atoms with Gasteiger partial charge in [0, 0.05) is 12.8 Å². The molecule has 0 radical (unpaired) electrons. The minimum atomic E-state index is -0.808. The summed E-state index contributed by atoms with van der Waals surface area (Å²) < 4.78 is 5.70. The number of rotatable bonds is 31. The normalized spacial score (nSPS) is 12.1. The second kappa shape index (κ2) is 30.5. The van der Waals surface area contributed by atoms with Gasteiger partial charge in [-0.3, -0.25) is 9.59 Å². The number of carbonyl (C=O) groups is 2. The molecule has 0 aromatic heterocycles. The molecule has 226 valence electrons. The van der Waals surface area contributed by atoms with Gasteiger partial charge in [0.25, 0.3) is 0 Å². The van der Waals surface area contributed by atoms with Gasteiger partial charge < -0.3 is 9.84 Å². The zero-order valence-electron chi connectivity index (χ0n) is 25.8. The molecule has 0 aliphatic carbocycles. The minimum absolute atomic E-state index is 0.0784. The number of carbonyl (C=O) groups excluding carboxylic acids is 1. The van der Waals surface area contributed by atoms with Crippen molar-refractivity contribution < 1.29 is 19.4 Å². The van der Waals surface area contributed by atoms with Gasteiger partial charge in [0.2, 0.25) is 0 Å². The molecule has 0 fully saturated rings. The van der Waals surface area contributed by atoms with Crippen LogP contribution in [0.15, 0.2) is 0 Å². The molecule has 4 nitrogen and oxygen atoms in total. The van der Waals surface area contributed by atoms with Gasteiger partial charge in [-0.05, 0) is 25.7 Å². The third-order valence-corrected chi connectivity index (χ3v) is 7.84. The summed E-state index contributed by atoms with van der Waals surface area (Å²) in [6, 6.07) is 0. The first-order chi connectivity index (χ1) is 18.6. The lowest BCUT2D eigenvalue weighted by Gasteiger charge is -2.17. The number of hydrogen-bond acceptors (Lipinski definition) is 3. The van der Waals surface area contributed by atoms with Gasteiger partial charge in [0.15, 0.2) is 0 Å². The van der Waals surface area contributed by atoms with Crippen molar-refractivity contribution in [1.29, 1.82) is 0 Å². The molecule has 0 aliphatic heterocycles. The predicted molar refractivity (Wildman–Crippen MR) is 163 cm³/mol. The van der Waals surface area contributed by atoms with Crippen molar-refractivity contribution in [2.45, 2.75) is 206 Å². The van der Waals surface area contributed by atoms with Crippen LogP contribution in [-0.2, 0) is 14.3 Å². The van der Waals surface area contributed by atoms with Crippen LogP contribution >= 0.6 is 0 Å². The molecular weight excluding hydrogens is 472 g/mol. The van der Waals surface area contributed by atoms with Crippen LogP contribution in [-0.4, -0.2) is 23.1 Å². The number of ether oxygens (including phenoxy) is 1. The Morgan fingerprint density at radius 2 is 0.816 bits per heavy atom. The average Bonchev–Trinajstić information content (AvgIpc) is 2.90. The monoisotopic (exact) mass is 538 g/mol. The summed E-state index contributed by atoms with van der Waals surface area (Å²) in [4.78, 5) is 23.4. The molecular formula is C34H66O4. The van der Waals surface area contributed by atoms with E-state index >= 15 is 0 Å². The van der Waals surface area contributed by atoms with Crippen LogP contribution in [0.3, 0.4) is 0 Å². The lowest BCUT2D eigenvalue weighted by molar-refractivity contribution is -0.151. The fourth-order valence-corrected chi connectivity index (χ4v) is 5.29. The smallest absolute Gasteiger partial charge is 0.306 e. The van der Waals surface area contributed by atoms with Gasteiger partial charge in [-0.25, -0.2) is 0 Å². The van der Waals surface area contributed by atoms with Crippen LogP contribution in [0.25, 0.3) is 0 Å². The molecule has 0 aliphatic rings. The van der Waals surface area contributed by atoms with Crippen LogP contribution < -0.4 is 0 Å². The van der Waals surface area contributed by atoms with E-state index in [1.165, 1.54) is 135 Å². The summed E-state index contributed by atoms with van der Waals surface area (Å²) >= 11 is 0. The molecule has 1 unspecified atom stereocenters. The van der Waals surface area contributed by atoms with Crippen LogP contribution in [0.1, 0.15) is 200 Å². The predicted octanol–water partition coefficient (Wildman–Crippen LogP) is 11.3. The molecule has 0 rings (SSSR count). The van der Waals surface area contributed by atoms with E-state index in [1.54, 1.807) is 0 Å². The Kier molecular flexibility index (Phi) is 29.6. The summed E-state index contributed by atoms with van der Waals surface area (Å²) in [7, 11) is 0. The quantitative estimate of drug-likeness (QED) is 0.0704. The maximum absolute atomic E-state index is 12.3. The molecule has 0 saturated heterocycles. The van der Waals surface area contributed by atoms with Crippen molar-refractivity contribution in [2.75, 3.05) is 0 Å². The van der Waals surface area contributed by atoms with Crippen molar-refractivity contribution in [2.24, 2.45) is 0 Å². The molecule has 38 heavy (non-hydrogen) atoms. The maximum atomic E-state index is 12.3. The van der Waals surface area contributed by atoms with E-state index in [0.717, 1.165) is 32.1 Å². The number of carboxylic acids is 1. The zero-order valence-corrected chi connectivity index (χ0v) is 25.8. The molecule has 0 aromatic carbocycles. The van der Waals surface area contributed by atoms with Crippen LogP contribution in [0.2, 0.25) is 0 Å². The molecule has 1 N–H and O–H groups in total. The molecule has 0 aromatic rings. The first-order valence-corrected chi connectivity index (χ1v) is 17.0. The third kappa shape index (κ3) is 29.5. The van der Waals surface area contributed by atoms with Gasteiger partial charge in [-0.1, -0.05) is 162 Å². The Bertz CT molecular complexity index is 505. The topological polar surface area (TPSA) is 63.6 Å². The standard InChI is InChI=1S/C34H66O4/c1-3-5-7-9-11-13-15-16-17-19-20-22-24-26-28-32(30-31-33(35)36)38-34(37)29-27-25-23-21-18-14-12-10-8-6-4-2/h32H,3-31H2,1-2H3,(H,35,36). The summed E-state index contributed by atoms with van der Waals surface area (Å²) in [5.74, 6) is -0.945. The SMILES string of the molecule is CCCCCCCCCCCCCCCCC(CCC(=O)O)OC(=O)CCCCCCCCCCCCC. The van der Waals surface area contributed by atoms with Crippen molar-refractivity contribution >= 4 is 11.9 Å². The van der Waals surface area contributed by atoms with E-state index in [1.807, 2.05) is 0 Å². The van der Waals surface area contributed by atoms with Gasteiger partial charge in [-0.15, -0.1) is 0 Å². The first kappa shape index (κ1) is 36.9. The summed E-state index contributed by atoms with van der Waals surface area (Å²) in [6.07, 6.45) is 33.9. The fraction of sp³-hybridized carbons (Fsp3) is 0.941. The third-order valence-electron chi connectivity index (χ3n) is 7.84. The lowest BCUT2D eigenvalue weighted by Crippen LogP contribution is -2.19. The molecule has 0 heterocycles. The lowest BCUT2D eigenvalue weighted by atomic mass is 10.0. The van der Waals surface area contributed by atoms with E-state index in [4.69, 9.17) is 9.84 Å². The molecule has 0 spiro atoms. The Balaban J connectivity index is 3.74. The van der Waals surface area contributed by atoms with E-state index < -0.39 is 5.97 Å². The number of unbranched alkanes of at least 4 members (excludes halogenated alkanes) is 23. The van der Waals surface area contributed by atoms with Crippen LogP contribution in [0.4, 0.5) is 0 Å². The largest absolute Gasteiger partial charge is 0.481 e. The zero-order chi connectivity index (χ0) is 27.9. The minimum Gasteiger partial charge on any atom is -0.481 e. The average molecular weight is 539 g/mol. The number of esters is 1. The Labute approximate surface area is 237 Å². The van der Waals surface area contributed by atoms with E-state index in [2.05, 4.69) is 13.8 Å². The van der Waals surface area contributed by atoms with Gasteiger partial charge in [0.05, 0.1) is 0 Å². The highest BCUT2D eigenvalue weighted by molar-refractivity contribution is 5.69. The number of aliphatic carboxylic acids is 1. The molecule has 0 amide bonds. The highest BCUT2D eigenvalue weighted by Crippen LogP contribution is 2.18. The Morgan fingerprint density at radius 3 is 1.18 bits per heavy atom. The second-order valence-corrected chi connectivity index (χ2v) is 11.7. The van der Waals surface area contributed by atoms with Crippen molar-refractivity contribution in [1.82, 2.24) is 0 Å². The van der Waals surface area contributed by atoms with Crippen molar-refractivity contribution in [3.8, 4) is 0 Å². The number of hydrogen-bond donors (Lipinski definition) is 1. The maximum Gasteiger partial charge on any atom is 0.306 e. The van der Waals surface area contributed by atoms with Gasteiger partial charge in [-0.2, -0.15) is 0 Å². The second-order valence-electron chi connectivity index (χ2n) is 11.7. The number of carboxylic acid groups (broad SMARTS) is 1. The molecule has 1 atom stereocenters. The van der Waals surface area contributed by atoms with E-state index in [-0.39, 0.29) is 18.5 Å². The highest BCUT2D eigenvalue weighted by atomic mass is 16.5. The van der Waals surface area contributed by atoms with Crippen LogP contribution in [0, 0.1) is 0 Å². The van der Waals surface area contributed by atoms with Crippen molar-refractivity contribution in [3.63, 3.8) is 0 Å². The molecule has 4 heteroatoms. The molecule has 0 saturated carbocycles. The van der Waals surface area contributed by atoms with E-state index in [0.29, 0.717) is 12.8 Å². The molecule has 0 bridgehead atoms. The summed E-state index contributed by atoms with van der Waals surface area (Å²) in [6.45, 7) is 4.53.